The Bertz CT molecular complexity index is 851. The summed E-state index contributed by atoms with van der Waals surface area (Å²) in [7, 11) is 0. The van der Waals surface area contributed by atoms with Crippen molar-refractivity contribution >= 4 is 22.8 Å². The molecule has 4 rings (SSSR count). The van der Waals surface area contributed by atoms with Crippen LogP contribution >= 0.6 is 0 Å². The quantitative estimate of drug-likeness (QED) is 0.779. The van der Waals surface area contributed by atoms with Crippen molar-refractivity contribution in [2.45, 2.75) is 38.1 Å². The standard InChI is InChI=1S/C22H29FN4O3/c23-5-10-30-22(28)26-18-3-1-16(2-4-18)13-17-14-19(27-8-11-29-12-9-27)15-20-21(17)25-7-6-24-20/h6-7,14-16,18H,1-5,8-13H2,(H,26,28). The number of nitrogens with one attached hydrogen (secondary N) is 1. The minimum atomic E-state index is -0.652. The summed E-state index contributed by atoms with van der Waals surface area (Å²) in [6.45, 7) is 2.44. The zero-order valence-electron chi connectivity index (χ0n) is 17.2. The monoisotopic (exact) mass is 416 g/mol. The first-order chi connectivity index (χ1) is 14.7. The average molecular weight is 416 g/mol. The number of amides is 1. The lowest BCUT2D eigenvalue weighted by Gasteiger charge is -2.31. The first kappa shape index (κ1) is 20.8. The number of hydrogen-bond donors (Lipinski definition) is 1. The molecule has 1 saturated heterocycles. The Hall–Kier alpha value is -2.48. The van der Waals surface area contributed by atoms with Crippen LogP contribution in [0.4, 0.5) is 14.9 Å². The van der Waals surface area contributed by atoms with E-state index < -0.39 is 12.8 Å². The first-order valence-corrected chi connectivity index (χ1v) is 10.8. The molecule has 1 N–H and O–H groups in total. The number of ether oxygens (including phenoxy) is 2. The maximum atomic E-state index is 12.1. The maximum Gasteiger partial charge on any atom is 0.407 e. The number of hydrogen-bond acceptors (Lipinski definition) is 6. The minimum absolute atomic E-state index is 0.101. The van der Waals surface area contributed by atoms with E-state index in [2.05, 4.69) is 32.3 Å². The van der Waals surface area contributed by atoms with Gasteiger partial charge in [0.05, 0.1) is 24.2 Å². The van der Waals surface area contributed by atoms with Crippen molar-refractivity contribution in [1.29, 1.82) is 0 Å². The van der Waals surface area contributed by atoms with Crippen molar-refractivity contribution in [1.82, 2.24) is 15.3 Å². The Morgan fingerprint density at radius 2 is 1.93 bits per heavy atom. The minimum Gasteiger partial charge on any atom is -0.447 e. The lowest BCUT2D eigenvalue weighted by Crippen LogP contribution is -2.38. The van der Waals surface area contributed by atoms with Crippen LogP contribution in [0.25, 0.3) is 11.0 Å². The van der Waals surface area contributed by atoms with Gasteiger partial charge in [-0.2, -0.15) is 0 Å². The molecule has 2 heterocycles. The van der Waals surface area contributed by atoms with Gasteiger partial charge in [0.15, 0.2) is 0 Å². The number of alkyl halides is 1. The first-order valence-electron chi connectivity index (χ1n) is 10.8. The van der Waals surface area contributed by atoms with Crippen LogP contribution in [-0.2, 0) is 15.9 Å². The number of benzene rings is 1. The van der Waals surface area contributed by atoms with Crippen LogP contribution < -0.4 is 10.2 Å². The number of nitrogens with zero attached hydrogens (tertiary/aromatic N) is 3. The highest BCUT2D eigenvalue weighted by Crippen LogP contribution is 2.31. The van der Waals surface area contributed by atoms with E-state index in [1.54, 1.807) is 12.4 Å². The Kier molecular flexibility index (Phi) is 6.94. The van der Waals surface area contributed by atoms with Crippen LogP contribution in [0.5, 0.6) is 0 Å². The summed E-state index contributed by atoms with van der Waals surface area (Å²) in [5.74, 6) is 0.537. The molecule has 0 unspecified atom stereocenters. The number of anilines is 1. The van der Waals surface area contributed by atoms with Crippen LogP contribution in [0.2, 0.25) is 0 Å². The number of halogens is 1. The largest absolute Gasteiger partial charge is 0.447 e. The van der Waals surface area contributed by atoms with Crippen LogP contribution in [0.15, 0.2) is 24.5 Å². The van der Waals surface area contributed by atoms with Crippen LogP contribution in [0, 0.1) is 5.92 Å². The summed E-state index contributed by atoms with van der Waals surface area (Å²) in [5.41, 5.74) is 4.33. The number of fused-ring (bicyclic) bond motifs is 1. The predicted octanol–water partition coefficient (Wildman–Crippen LogP) is 3.26. The van der Waals surface area contributed by atoms with Crippen molar-refractivity contribution in [3.8, 4) is 0 Å². The molecule has 30 heavy (non-hydrogen) atoms. The van der Waals surface area contributed by atoms with Crippen LogP contribution in [-0.4, -0.2) is 61.7 Å². The molecule has 1 aliphatic heterocycles. The molecule has 2 aromatic rings. The molecular weight excluding hydrogens is 387 g/mol. The normalized spacial score (nSPS) is 22.1. The molecule has 1 amide bonds. The second-order valence-electron chi connectivity index (χ2n) is 8.02. The molecule has 0 spiro atoms. The molecule has 2 fully saturated rings. The summed E-state index contributed by atoms with van der Waals surface area (Å²) in [4.78, 5) is 23.2. The number of morpholine rings is 1. The van der Waals surface area contributed by atoms with Gasteiger partial charge in [-0.05, 0) is 55.7 Å². The number of rotatable bonds is 6. The summed E-state index contributed by atoms with van der Waals surface area (Å²) in [6, 6.07) is 4.49. The average Bonchev–Trinajstić information content (AvgIpc) is 2.79. The third kappa shape index (κ3) is 5.16. The van der Waals surface area contributed by atoms with Crippen LogP contribution in [0.3, 0.4) is 0 Å². The molecule has 162 valence electrons. The zero-order valence-corrected chi connectivity index (χ0v) is 17.2. The molecule has 1 aliphatic carbocycles. The lowest BCUT2D eigenvalue weighted by molar-refractivity contribution is 0.122. The molecule has 1 aromatic heterocycles. The van der Waals surface area contributed by atoms with Gasteiger partial charge in [-0.25, -0.2) is 9.18 Å². The second kappa shape index (κ2) is 10.0. The smallest absolute Gasteiger partial charge is 0.407 e. The van der Waals surface area contributed by atoms with Gasteiger partial charge in [-0.3, -0.25) is 9.97 Å². The molecule has 2 aliphatic rings. The Labute approximate surface area is 176 Å². The van der Waals surface area contributed by atoms with Crippen molar-refractivity contribution in [3.05, 3.63) is 30.1 Å². The molecule has 0 bridgehead atoms. The second-order valence-corrected chi connectivity index (χ2v) is 8.02. The maximum absolute atomic E-state index is 12.1. The molecule has 0 radical (unpaired) electrons. The predicted molar refractivity (Wildman–Crippen MR) is 112 cm³/mol. The summed E-state index contributed by atoms with van der Waals surface area (Å²) in [5, 5.41) is 2.85. The van der Waals surface area contributed by atoms with E-state index >= 15 is 0 Å². The molecule has 0 atom stereocenters. The lowest BCUT2D eigenvalue weighted by atomic mass is 9.82. The highest BCUT2D eigenvalue weighted by molar-refractivity contribution is 5.82. The van der Waals surface area contributed by atoms with Crippen molar-refractivity contribution in [2.75, 3.05) is 44.5 Å². The van der Waals surface area contributed by atoms with E-state index in [4.69, 9.17) is 9.47 Å². The molecule has 1 aromatic carbocycles. The molecule has 8 heteroatoms. The van der Waals surface area contributed by atoms with Gasteiger partial charge in [0, 0.05) is 37.2 Å². The van der Waals surface area contributed by atoms with Gasteiger partial charge in [0.2, 0.25) is 0 Å². The summed E-state index contributed by atoms with van der Waals surface area (Å²) >= 11 is 0. The zero-order chi connectivity index (χ0) is 20.8. The van der Waals surface area contributed by atoms with Gasteiger partial charge < -0.3 is 19.7 Å². The fourth-order valence-electron chi connectivity index (χ4n) is 4.45. The van der Waals surface area contributed by atoms with E-state index in [1.165, 1.54) is 11.3 Å². The Morgan fingerprint density at radius 1 is 1.17 bits per heavy atom. The third-order valence-electron chi connectivity index (χ3n) is 6.00. The van der Waals surface area contributed by atoms with Gasteiger partial charge in [-0.1, -0.05) is 0 Å². The van der Waals surface area contributed by atoms with E-state index in [9.17, 15) is 9.18 Å². The highest BCUT2D eigenvalue weighted by atomic mass is 19.1. The Morgan fingerprint density at radius 3 is 2.70 bits per heavy atom. The van der Waals surface area contributed by atoms with Crippen molar-refractivity contribution in [2.24, 2.45) is 5.92 Å². The Balaban J connectivity index is 1.42. The van der Waals surface area contributed by atoms with Gasteiger partial charge in [0.1, 0.15) is 13.3 Å². The van der Waals surface area contributed by atoms with E-state index in [0.717, 1.165) is 69.4 Å². The van der Waals surface area contributed by atoms with Crippen LogP contribution in [0.1, 0.15) is 31.2 Å². The number of alkyl carbamates (subject to hydrolysis) is 1. The SMILES string of the molecule is O=C(NC1CCC(Cc2cc(N3CCOCC3)cc3nccnc23)CC1)OCCF. The number of aromatic nitrogens is 2. The fourth-order valence-corrected chi connectivity index (χ4v) is 4.45. The molecule has 7 nitrogen and oxygen atoms in total. The molecular formula is C22H29FN4O3. The third-order valence-corrected chi connectivity index (χ3v) is 6.00. The van der Waals surface area contributed by atoms with E-state index in [1.807, 2.05) is 0 Å². The highest BCUT2D eigenvalue weighted by Gasteiger charge is 2.24. The van der Waals surface area contributed by atoms with Gasteiger partial charge >= 0.3 is 6.09 Å². The van der Waals surface area contributed by atoms with E-state index in [0.29, 0.717) is 5.92 Å². The number of carbonyl (C=O) groups is 1. The van der Waals surface area contributed by atoms with Gasteiger partial charge in [-0.15, -0.1) is 0 Å². The molecule has 1 saturated carbocycles. The van der Waals surface area contributed by atoms with Crippen molar-refractivity contribution in [3.63, 3.8) is 0 Å². The topological polar surface area (TPSA) is 76.6 Å². The summed E-state index contributed by atoms with van der Waals surface area (Å²) in [6.07, 6.45) is 7.79. The fraction of sp³-hybridized carbons (Fsp3) is 0.591. The number of carbonyl (C=O) groups excluding carboxylic acids is 1. The summed E-state index contributed by atoms with van der Waals surface area (Å²) < 4.78 is 22.4. The van der Waals surface area contributed by atoms with Gasteiger partial charge in [0.25, 0.3) is 0 Å². The van der Waals surface area contributed by atoms with Crippen molar-refractivity contribution < 1.29 is 18.7 Å². The van der Waals surface area contributed by atoms with E-state index in [-0.39, 0.29) is 12.6 Å².